The van der Waals surface area contributed by atoms with E-state index in [4.69, 9.17) is 18.3 Å². The van der Waals surface area contributed by atoms with E-state index in [9.17, 15) is 24.0 Å². The third kappa shape index (κ3) is 13.3. The Hall–Kier alpha value is -3.14. The number of nitrogens with two attached hydrogens (primary N) is 1. The first-order valence-electron chi connectivity index (χ1n) is 13.5. The second-order valence-corrected chi connectivity index (χ2v) is 12.1. The minimum Gasteiger partial charge on any atom is -0.470 e. The summed E-state index contributed by atoms with van der Waals surface area (Å²) in [7, 11) is 5.41. The van der Waals surface area contributed by atoms with E-state index in [1.807, 2.05) is 13.8 Å². The fraction of sp³-hybridized carbons (Fsp3) is 0.593. The maximum absolute atomic E-state index is 13.3. The normalized spacial score (nSPS) is 12.9. The summed E-state index contributed by atoms with van der Waals surface area (Å²) < 4.78 is 4.75. The molecule has 6 N–H and O–H groups in total. The largest absolute Gasteiger partial charge is 0.470 e. The molecular weight excluding hydrogens is 532 g/mol. The van der Waals surface area contributed by atoms with Gasteiger partial charge in [0.1, 0.15) is 18.7 Å². The molecule has 11 nitrogen and oxygen atoms in total. The molecule has 3 atom stereocenters. The van der Waals surface area contributed by atoms with Crippen molar-refractivity contribution in [1.82, 2.24) is 16.0 Å². The van der Waals surface area contributed by atoms with Gasteiger partial charge in [-0.25, -0.2) is 4.79 Å². The van der Waals surface area contributed by atoms with Gasteiger partial charge in [0.2, 0.25) is 31.4 Å². The number of rotatable bonds is 17. The van der Waals surface area contributed by atoms with Crippen LogP contribution >= 0.6 is 8.58 Å². The van der Waals surface area contributed by atoms with E-state index in [0.29, 0.717) is 32.4 Å². The molecule has 0 saturated heterocycles. The zero-order valence-electron chi connectivity index (χ0n) is 24.1. The van der Waals surface area contributed by atoms with Crippen LogP contribution in [0.3, 0.4) is 0 Å². The van der Waals surface area contributed by atoms with Crippen LogP contribution in [0.15, 0.2) is 24.3 Å². The summed E-state index contributed by atoms with van der Waals surface area (Å²) in [4.78, 5) is 61.0. The van der Waals surface area contributed by atoms with Crippen molar-refractivity contribution in [2.24, 2.45) is 11.7 Å². The van der Waals surface area contributed by atoms with E-state index in [-0.39, 0.29) is 36.6 Å². The lowest BCUT2D eigenvalue weighted by Crippen LogP contribution is -2.55. The van der Waals surface area contributed by atoms with Gasteiger partial charge >= 0.3 is 6.03 Å². The van der Waals surface area contributed by atoms with Gasteiger partial charge in [-0.05, 0) is 54.5 Å². The Bertz CT molecular complexity index is 1000. The summed E-state index contributed by atoms with van der Waals surface area (Å²) in [5, 5.41) is 10.9. The molecule has 0 fully saturated rings. The first-order chi connectivity index (χ1) is 18.8. The van der Waals surface area contributed by atoms with Crippen LogP contribution < -0.4 is 27.0 Å². The average molecular weight is 575 g/mol. The number of anilines is 1. The monoisotopic (exact) mass is 575 g/mol. The van der Waals surface area contributed by atoms with Crippen molar-refractivity contribution in [3.63, 3.8) is 0 Å². The fourth-order valence-corrected chi connectivity index (χ4v) is 4.86. The van der Waals surface area contributed by atoms with Crippen LogP contribution in [0.2, 0.25) is 0 Å². The number of benzene rings is 1. The van der Waals surface area contributed by atoms with Crippen molar-refractivity contribution in [1.29, 1.82) is 0 Å². The van der Waals surface area contributed by atoms with E-state index < -0.39 is 35.8 Å². The summed E-state index contributed by atoms with van der Waals surface area (Å²) >= 11 is 0. The van der Waals surface area contributed by atoms with Gasteiger partial charge in [0, 0.05) is 18.4 Å². The Labute approximate surface area is 240 Å². The lowest BCUT2D eigenvalue weighted by Gasteiger charge is -2.28. The number of amides is 5. The zero-order valence-corrected chi connectivity index (χ0v) is 25.1. The Morgan fingerprint density at radius 1 is 1.02 bits per heavy atom. The molecule has 40 heavy (non-hydrogen) atoms. The van der Waals surface area contributed by atoms with Crippen LogP contribution in [0.5, 0.6) is 0 Å². The van der Waals surface area contributed by atoms with Crippen molar-refractivity contribution in [2.75, 3.05) is 18.0 Å². The quantitative estimate of drug-likeness (QED) is 0.109. The highest BCUT2D eigenvalue weighted by atomic mass is 31.1. The third-order valence-corrected chi connectivity index (χ3v) is 8.76. The number of nitrogens with one attached hydrogen (secondary N) is 4. The van der Waals surface area contributed by atoms with Crippen molar-refractivity contribution < 1.29 is 28.7 Å². The Balaban J connectivity index is 2.92. The smallest absolute Gasteiger partial charge is 0.312 e. The molecule has 0 aliphatic rings. The summed E-state index contributed by atoms with van der Waals surface area (Å²) in [6.45, 7) is 10.2. The Kier molecular flexibility index (Phi) is 15.3. The molecule has 220 valence electrons. The molecule has 2 unspecified atom stereocenters. The van der Waals surface area contributed by atoms with Gasteiger partial charge in [-0.1, -0.05) is 46.8 Å². The highest BCUT2D eigenvalue weighted by molar-refractivity contribution is 7.41. The standard InChI is InChI=1S/C27H43BN5O6P/c1-6-27(5,7-2)40-16-21(34)33-22(17(3)4)24(36)32-20(9-8-14-30-26(29)38)23(35)31-19-12-10-18(11-13-19)15-39-25(28)37/h10-13,17,20,22,40H,6-9,14-16H2,1-5H3,(H,31,35)(H,32,36)(H,33,34)(H3,29,30,38)/t20-,22?/m0/s1. The molecule has 2 radical (unpaired) electrons. The van der Waals surface area contributed by atoms with Crippen LogP contribution in [-0.2, 0) is 25.7 Å². The number of carbonyl (C=O) groups is 5. The average Bonchev–Trinajstić information content (AvgIpc) is 2.91. The molecule has 13 heteroatoms. The topological polar surface area (TPSA) is 169 Å². The zero-order chi connectivity index (χ0) is 30.3. The first kappa shape index (κ1) is 34.9. The Morgan fingerprint density at radius 3 is 2.17 bits per heavy atom. The molecule has 5 amide bonds. The van der Waals surface area contributed by atoms with Gasteiger partial charge in [-0.15, -0.1) is 8.58 Å². The molecule has 1 rings (SSSR count). The fourth-order valence-electron chi connectivity index (χ4n) is 3.67. The van der Waals surface area contributed by atoms with Gasteiger partial charge in [-0.2, -0.15) is 0 Å². The predicted molar refractivity (Wildman–Crippen MR) is 159 cm³/mol. The van der Waals surface area contributed by atoms with Gasteiger partial charge in [0.25, 0.3) is 0 Å². The Morgan fingerprint density at radius 2 is 1.65 bits per heavy atom. The number of hydrogen-bond donors (Lipinski definition) is 5. The van der Waals surface area contributed by atoms with E-state index in [2.05, 4.69) is 42.0 Å². The minimum absolute atomic E-state index is 0.00591. The van der Waals surface area contributed by atoms with Crippen molar-refractivity contribution in [2.45, 2.75) is 84.1 Å². The van der Waals surface area contributed by atoms with E-state index in [0.717, 1.165) is 12.8 Å². The van der Waals surface area contributed by atoms with Gasteiger partial charge in [0.15, 0.2) is 0 Å². The summed E-state index contributed by atoms with van der Waals surface area (Å²) in [5.74, 6) is -2.25. The van der Waals surface area contributed by atoms with E-state index in [1.165, 1.54) is 0 Å². The molecule has 0 saturated carbocycles. The van der Waals surface area contributed by atoms with Crippen molar-refractivity contribution >= 4 is 51.7 Å². The van der Waals surface area contributed by atoms with Crippen LogP contribution in [0.4, 0.5) is 15.3 Å². The summed E-state index contributed by atoms with van der Waals surface area (Å²) in [5.41, 5.74) is 6.26. The number of hydrogen-bond acceptors (Lipinski definition) is 6. The van der Waals surface area contributed by atoms with Gasteiger partial charge < -0.3 is 31.7 Å². The van der Waals surface area contributed by atoms with Crippen LogP contribution in [0, 0.1) is 5.92 Å². The second-order valence-electron chi connectivity index (χ2n) is 10.2. The number of carbonyl (C=O) groups excluding carboxylic acids is 5. The van der Waals surface area contributed by atoms with E-state index in [1.54, 1.807) is 24.3 Å². The van der Waals surface area contributed by atoms with Crippen molar-refractivity contribution in [3.05, 3.63) is 29.8 Å². The lowest BCUT2D eigenvalue weighted by molar-refractivity contribution is -0.131. The highest BCUT2D eigenvalue weighted by Gasteiger charge is 2.29. The molecule has 0 aliphatic heterocycles. The van der Waals surface area contributed by atoms with Crippen LogP contribution in [0.25, 0.3) is 0 Å². The summed E-state index contributed by atoms with van der Waals surface area (Å²) in [6.07, 6.45) is 2.85. The van der Waals surface area contributed by atoms with E-state index >= 15 is 0 Å². The van der Waals surface area contributed by atoms with Gasteiger partial charge in [-0.3, -0.25) is 19.2 Å². The SMILES string of the molecule is [B]C(=O)OCc1ccc(NC(=O)[C@H](CCCNC(N)=O)NC(=O)C(NC(=O)CPC(C)(CC)CC)C(C)C)cc1. The van der Waals surface area contributed by atoms with Gasteiger partial charge in [0.05, 0.1) is 0 Å². The molecule has 0 heterocycles. The maximum atomic E-state index is 13.3. The maximum Gasteiger partial charge on any atom is 0.312 e. The second kappa shape index (κ2) is 17.5. The van der Waals surface area contributed by atoms with Crippen LogP contribution in [-0.4, -0.2) is 67.4 Å². The molecule has 0 spiro atoms. The summed E-state index contributed by atoms with van der Waals surface area (Å²) in [6, 6.07) is 4.13. The third-order valence-electron chi connectivity index (χ3n) is 6.71. The molecule has 1 aromatic rings. The number of primary amides is 1. The van der Waals surface area contributed by atoms with Crippen LogP contribution in [0.1, 0.15) is 65.9 Å². The highest BCUT2D eigenvalue weighted by Crippen LogP contribution is 2.37. The first-order valence-corrected chi connectivity index (χ1v) is 14.7. The minimum atomic E-state index is -0.941. The molecule has 0 aliphatic carbocycles. The number of urea groups is 1. The van der Waals surface area contributed by atoms with Crippen molar-refractivity contribution in [3.8, 4) is 0 Å². The predicted octanol–water partition coefficient (Wildman–Crippen LogP) is 2.76. The molecule has 0 bridgehead atoms. The molecule has 0 aromatic heterocycles. The molecular formula is C27H43BN5O6P. The lowest BCUT2D eigenvalue weighted by atomic mass is 10.0. The molecule has 1 aromatic carbocycles. The number of ether oxygens (including phenoxy) is 1.